The van der Waals surface area contributed by atoms with Crippen LogP contribution in [-0.2, 0) is 4.79 Å². The predicted molar refractivity (Wildman–Crippen MR) is 106 cm³/mol. The van der Waals surface area contributed by atoms with Gasteiger partial charge in [0.25, 0.3) is 0 Å². The van der Waals surface area contributed by atoms with Crippen molar-refractivity contribution in [2.45, 2.75) is 45.7 Å². The van der Waals surface area contributed by atoms with Crippen molar-refractivity contribution < 1.29 is 9.53 Å². The molecule has 0 heterocycles. The number of nitrogens with one attached hydrogen (secondary N) is 1. The van der Waals surface area contributed by atoms with Crippen LogP contribution in [0, 0.1) is 5.92 Å². The molecular formula is C18H31ClN2O2S. The maximum Gasteiger partial charge on any atom is 0.237 e. The quantitative estimate of drug-likeness (QED) is 0.653. The van der Waals surface area contributed by atoms with Crippen molar-refractivity contribution in [1.29, 1.82) is 0 Å². The number of hydrogen-bond donors (Lipinski definition) is 2. The molecule has 0 aliphatic rings. The van der Waals surface area contributed by atoms with Crippen LogP contribution in [0.3, 0.4) is 0 Å². The third-order valence-corrected chi connectivity index (χ3v) is 4.32. The summed E-state index contributed by atoms with van der Waals surface area (Å²) in [5, 5.41) is 2.97. The van der Waals surface area contributed by atoms with Gasteiger partial charge in [-0.2, -0.15) is 11.8 Å². The zero-order valence-electron chi connectivity index (χ0n) is 15.1. The van der Waals surface area contributed by atoms with Crippen LogP contribution in [0.15, 0.2) is 24.3 Å². The average Bonchev–Trinajstić information content (AvgIpc) is 2.52. The van der Waals surface area contributed by atoms with Crippen molar-refractivity contribution in [2.24, 2.45) is 11.7 Å². The Morgan fingerprint density at radius 1 is 1.21 bits per heavy atom. The highest BCUT2D eigenvalue weighted by Gasteiger charge is 2.16. The Morgan fingerprint density at radius 2 is 1.83 bits per heavy atom. The fourth-order valence-corrected chi connectivity index (χ4v) is 2.53. The Labute approximate surface area is 156 Å². The molecule has 4 nitrogen and oxygen atoms in total. The summed E-state index contributed by atoms with van der Waals surface area (Å²) >= 11 is 1.70. The number of hydrogen-bond acceptors (Lipinski definition) is 4. The van der Waals surface area contributed by atoms with Crippen LogP contribution in [0.1, 0.15) is 45.2 Å². The molecule has 0 aliphatic heterocycles. The molecule has 0 radical (unpaired) electrons. The van der Waals surface area contributed by atoms with E-state index >= 15 is 0 Å². The fraction of sp³-hybridized carbons (Fsp3) is 0.611. The van der Waals surface area contributed by atoms with Crippen LogP contribution in [0.2, 0.25) is 0 Å². The van der Waals surface area contributed by atoms with Crippen molar-refractivity contribution in [2.75, 3.05) is 18.6 Å². The minimum atomic E-state index is -0.441. The molecule has 1 rings (SSSR count). The second-order valence-electron chi connectivity index (χ2n) is 6.22. The number of nitrogens with two attached hydrogens (primary N) is 1. The smallest absolute Gasteiger partial charge is 0.237 e. The van der Waals surface area contributed by atoms with Gasteiger partial charge in [-0.05, 0) is 55.4 Å². The number of amides is 1. The number of thioether (sulfide) groups is 1. The van der Waals surface area contributed by atoms with E-state index < -0.39 is 6.04 Å². The summed E-state index contributed by atoms with van der Waals surface area (Å²) in [6.07, 6.45) is 3.75. The monoisotopic (exact) mass is 374 g/mol. The Hall–Kier alpha value is -0.910. The van der Waals surface area contributed by atoms with Gasteiger partial charge in [0.1, 0.15) is 5.75 Å². The number of halogens is 1. The molecule has 0 saturated carbocycles. The van der Waals surface area contributed by atoms with Crippen LogP contribution in [-0.4, -0.2) is 30.6 Å². The normalized spacial score (nSPS) is 13.1. The predicted octanol–water partition coefficient (Wildman–Crippen LogP) is 3.79. The molecule has 0 spiro atoms. The topological polar surface area (TPSA) is 64.4 Å². The third kappa shape index (κ3) is 8.81. The summed E-state index contributed by atoms with van der Waals surface area (Å²) in [5.74, 6) is 2.30. The summed E-state index contributed by atoms with van der Waals surface area (Å²) < 4.78 is 5.71. The molecule has 2 atom stereocenters. The van der Waals surface area contributed by atoms with Crippen LogP contribution in [0.25, 0.3) is 0 Å². The van der Waals surface area contributed by atoms with E-state index in [-0.39, 0.29) is 24.4 Å². The first kappa shape index (κ1) is 23.1. The molecule has 6 heteroatoms. The Balaban J connectivity index is 0.00000529. The molecule has 3 N–H and O–H groups in total. The summed E-state index contributed by atoms with van der Waals surface area (Å²) in [6.45, 7) is 7.06. The van der Waals surface area contributed by atoms with Crippen LogP contribution < -0.4 is 15.8 Å². The lowest BCUT2D eigenvalue weighted by atomic mass is 10.1. The summed E-state index contributed by atoms with van der Waals surface area (Å²) in [7, 11) is 0. The highest BCUT2D eigenvalue weighted by Crippen LogP contribution is 2.18. The molecule has 0 fully saturated rings. The van der Waals surface area contributed by atoms with Crippen molar-refractivity contribution in [3.05, 3.63) is 29.8 Å². The Bertz CT molecular complexity index is 469. The molecule has 0 saturated heterocycles. The van der Waals surface area contributed by atoms with Gasteiger partial charge >= 0.3 is 0 Å². The lowest BCUT2D eigenvalue weighted by Crippen LogP contribution is -2.41. The first-order chi connectivity index (χ1) is 10.9. The van der Waals surface area contributed by atoms with Gasteiger partial charge in [0.15, 0.2) is 0 Å². The number of carbonyl (C=O) groups is 1. The molecule has 24 heavy (non-hydrogen) atoms. The van der Waals surface area contributed by atoms with Crippen molar-refractivity contribution in [1.82, 2.24) is 5.32 Å². The van der Waals surface area contributed by atoms with Gasteiger partial charge in [-0.1, -0.05) is 26.0 Å². The largest absolute Gasteiger partial charge is 0.494 e. The first-order valence-electron chi connectivity index (χ1n) is 8.21. The highest BCUT2D eigenvalue weighted by molar-refractivity contribution is 7.98. The van der Waals surface area contributed by atoms with E-state index in [1.165, 1.54) is 0 Å². The molecule has 1 amide bonds. The minimum absolute atomic E-state index is 0. The maximum absolute atomic E-state index is 12.0. The van der Waals surface area contributed by atoms with Crippen LogP contribution >= 0.6 is 24.2 Å². The molecule has 1 aromatic rings. The highest BCUT2D eigenvalue weighted by atomic mass is 35.5. The molecule has 0 aliphatic carbocycles. The Morgan fingerprint density at radius 3 is 2.38 bits per heavy atom. The number of rotatable bonds is 10. The molecule has 1 aromatic carbocycles. The SMILES string of the molecule is CSCC[C@H](N)C(=O)NC(C)c1ccc(OCCC(C)C)cc1.Cl. The molecule has 0 aromatic heterocycles. The van der Waals surface area contributed by atoms with E-state index in [0.29, 0.717) is 12.3 Å². The van der Waals surface area contributed by atoms with Gasteiger partial charge in [-0.25, -0.2) is 0 Å². The second-order valence-corrected chi connectivity index (χ2v) is 7.20. The average molecular weight is 375 g/mol. The zero-order valence-corrected chi connectivity index (χ0v) is 16.7. The summed E-state index contributed by atoms with van der Waals surface area (Å²) in [5.41, 5.74) is 6.94. The van der Waals surface area contributed by atoms with Crippen molar-refractivity contribution in [3.63, 3.8) is 0 Å². The second kappa shape index (κ2) is 12.5. The van der Waals surface area contributed by atoms with E-state index in [1.54, 1.807) is 11.8 Å². The minimum Gasteiger partial charge on any atom is -0.494 e. The number of carbonyl (C=O) groups excluding carboxylic acids is 1. The first-order valence-corrected chi connectivity index (χ1v) is 9.61. The Kier molecular flexibility index (Phi) is 12.0. The zero-order chi connectivity index (χ0) is 17.2. The summed E-state index contributed by atoms with van der Waals surface area (Å²) in [4.78, 5) is 12.0. The number of ether oxygens (including phenoxy) is 1. The molecule has 1 unspecified atom stereocenters. The van der Waals surface area contributed by atoms with Gasteiger partial charge in [0, 0.05) is 0 Å². The molecule has 0 bridgehead atoms. The van der Waals surface area contributed by atoms with Gasteiger partial charge < -0.3 is 15.8 Å². The van der Waals surface area contributed by atoms with Crippen molar-refractivity contribution >= 4 is 30.1 Å². The molecular weight excluding hydrogens is 344 g/mol. The van der Waals surface area contributed by atoms with Gasteiger partial charge in [-0.15, -0.1) is 12.4 Å². The van der Waals surface area contributed by atoms with E-state index in [9.17, 15) is 4.79 Å². The lowest BCUT2D eigenvalue weighted by Gasteiger charge is -2.18. The molecule has 138 valence electrons. The van der Waals surface area contributed by atoms with Gasteiger partial charge in [0.05, 0.1) is 18.7 Å². The fourth-order valence-electron chi connectivity index (χ4n) is 2.04. The van der Waals surface area contributed by atoms with Crippen molar-refractivity contribution in [3.8, 4) is 5.75 Å². The number of benzene rings is 1. The van der Waals surface area contributed by atoms with Crippen LogP contribution in [0.5, 0.6) is 5.75 Å². The lowest BCUT2D eigenvalue weighted by molar-refractivity contribution is -0.123. The van der Waals surface area contributed by atoms with E-state index in [4.69, 9.17) is 10.5 Å². The standard InChI is InChI=1S/C18H30N2O2S.ClH/c1-13(2)9-11-22-16-7-5-15(6-8-16)14(3)20-18(21)17(19)10-12-23-4;/h5-8,13-14,17H,9-12,19H2,1-4H3,(H,20,21);1H/t14?,17-;/m0./s1. The van der Waals surface area contributed by atoms with Gasteiger partial charge in [0.2, 0.25) is 5.91 Å². The van der Waals surface area contributed by atoms with E-state index in [0.717, 1.165) is 30.1 Å². The maximum atomic E-state index is 12.0. The van der Waals surface area contributed by atoms with E-state index in [1.807, 2.05) is 37.4 Å². The third-order valence-electron chi connectivity index (χ3n) is 3.67. The van der Waals surface area contributed by atoms with Gasteiger partial charge in [-0.3, -0.25) is 4.79 Å². The van der Waals surface area contributed by atoms with E-state index in [2.05, 4.69) is 19.2 Å². The summed E-state index contributed by atoms with van der Waals surface area (Å²) in [6, 6.07) is 7.38. The van der Waals surface area contributed by atoms with Crippen LogP contribution in [0.4, 0.5) is 0 Å².